The lowest BCUT2D eigenvalue weighted by molar-refractivity contribution is -0.113. The molecule has 7 nitrogen and oxygen atoms in total. The fraction of sp³-hybridized carbons (Fsp3) is 0.333. The minimum absolute atomic E-state index is 0.0365. The second-order valence-electron chi connectivity index (χ2n) is 7.96. The first-order chi connectivity index (χ1) is 15.1. The Morgan fingerprint density at radius 3 is 2.59 bits per heavy atom. The van der Waals surface area contributed by atoms with Crippen molar-refractivity contribution in [3.05, 3.63) is 63.7 Å². The van der Waals surface area contributed by atoms with Crippen LogP contribution in [0.3, 0.4) is 0 Å². The van der Waals surface area contributed by atoms with Crippen LogP contribution in [0.25, 0.3) is 0 Å². The highest BCUT2D eigenvalue weighted by Gasteiger charge is 2.31. The van der Waals surface area contributed by atoms with Crippen LogP contribution in [0.5, 0.6) is 11.5 Å². The van der Waals surface area contributed by atoms with Crippen molar-refractivity contribution < 1.29 is 19.8 Å². The molecule has 32 heavy (non-hydrogen) atoms. The molecule has 2 amide bonds. The quantitative estimate of drug-likeness (QED) is 0.646. The van der Waals surface area contributed by atoms with Gasteiger partial charge >= 0.3 is 0 Å². The molecule has 2 aromatic carbocycles. The van der Waals surface area contributed by atoms with Crippen molar-refractivity contribution in [3.63, 3.8) is 0 Å². The number of hydrogen-bond donors (Lipinski definition) is 2. The third-order valence-electron chi connectivity index (χ3n) is 5.83. The maximum absolute atomic E-state index is 13.2. The first-order valence-corrected chi connectivity index (χ1v) is 10.8. The molecule has 0 saturated heterocycles. The zero-order valence-corrected chi connectivity index (χ0v) is 19.5. The third kappa shape index (κ3) is 4.59. The standard InChI is InChI=1S/C24H28ClN3O4/c1-5-26(3)11-7-10-21(31)27(4)18-9-6-8-16-13-28(14-17(16)18)24(32)22-15(2)23(25)20(30)12-19(22)29/h6-10,12,29-30H,5,11,13-14H2,1-4H3/b10-7+. The van der Waals surface area contributed by atoms with Crippen molar-refractivity contribution in [2.75, 3.05) is 32.1 Å². The molecule has 0 aromatic heterocycles. The van der Waals surface area contributed by atoms with Gasteiger partial charge in [-0.1, -0.05) is 36.7 Å². The molecule has 1 aliphatic rings. The van der Waals surface area contributed by atoms with E-state index in [0.29, 0.717) is 25.2 Å². The van der Waals surface area contributed by atoms with Gasteiger partial charge in [-0.15, -0.1) is 0 Å². The molecule has 8 heteroatoms. The van der Waals surface area contributed by atoms with Gasteiger partial charge in [0.05, 0.1) is 10.6 Å². The van der Waals surface area contributed by atoms with E-state index in [1.165, 1.54) is 0 Å². The van der Waals surface area contributed by atoms with Crippen LogP contribution in [0.15, 0.2) is 36.4 Å². The van der Waals surface area contributed by atoms with Crippen molar-refractivity contribution >= 4 is 29.1 Å². The number of rotatable bonds is 6. The number of fused-ring (bicyclic) bond motifs is 1. The third-order valence-corrected chi connectivity index (χ3v) is 6.30. The van der Waals surface area contributed by atoms with E-state index in [-0.39, 0.29) is 33.9 Å². The normalized spacial score (nSPS) is 13.1. The second-order valence-corrected chi connectivity index (χ2v) is 8.34. The lowest BCUT2D eigenvalue weighted by Gasteiger charge is -2.20. The van der Waals surface area contributed by atoms with E-state index in [0.717, 1.165) is 29.4 Å². The van der Waals surface area contributed by atoms with Crippen molar-refractivity contribution in [1.29, 1.82) is 0 Å². The summed E-state index contributed by atoms with van der Waals surface area (Å²) in [6.07, 6.45) is 3.39. The molecular formula is C24H28ClN3O4. The van der Waals surface area contributed by atoms with E-state index in [4.69, 9.17) is 11.6 Å². The smallest absolute Gasteiger partial charge is 0.258 e. The molecule has 0 saturated carbocycles. The van der Waals surface area contributed by atoms with Crippen molar-refractivity contribution in [1.82, 2.24) is 9.80 Å². The summed E-state index contributed by atoms with van der Waals surface area (Å²) in [5, 5.41) is 20.1. The predicted molar refractivity (Wildman–Crippen MR) is 125 cm³/mol. The number of benzene rings is 2. The highest BCUT2D eigenvalue weighted by atomic mass is 35.5. The van der Waals surface area contributed by atoms with Crippen LogP contribution in [-0.2, 0) is 17.9 Å². The number of likely N-dealkylation sites (N-methyl/N-ethyl adjacent to an activating group) is 2. The molecule has 0 aliphatic carbocycles. The summed E-state index contributed by atoms with van der Waals surface area (Å²) < 4.78 is 0. The number of nitrogens with zero attached hydrogens (tertiary/aromatic N) is 3. The Morgan fingerprint density at radius 1 is 1.19 bits per heavy atom. The summed E-state index contributed by atoms with van der Waals surface area (Å²) in [6.45, 7) is 5.85. The Morgan fingerprint density at radius 2 is 1.91 bits per heavy atom. The number of carbonyl (C=O) groups is 2. The minimum atomic E-state index is -0.388. The molecule has 1 aliphatic heterocycles. The van der Waals surface area contributed by atoms with Crippen LogP contribution in [-0.4, -0.2) is 59.0 Å². The maximum Gasteiger partial charge on any atom is 0.258 e. The first-order valence-electron chi connectivity index (χ1n) is 10.4. The van der Waals surface area contributed by atoms with Gasteiger partial charge in [0.25, 0.3) is 5.91 Å². The molecule has 3 rings (SSSR count). The summed E-state index contributed by atoms with van der Waals surface area (Å²) in [4.78, 5) is 31.1. The molecule has 2 aromatic rings. The number of halogens is 1. The fourth-order valence-electron chi connectivity index (χ4n) is 3.74. The topological polar surface area (TPSA) is 84.3 Å². The van der Waals surface area contributed by atoms with Gasteiger partial charge in [-0.25, -0.2) is 0 Å². The largest absolute Gasteiger partial charge is 0.507 e. The lowest BCUT2D eigenvalue weighted by Crippen LogP contribution is -2.28. The molecule has 170 valence electrons. The number of amides is 2. The van der Waals surface area contributed by atoms with E-state index in [1.807, 2.05) is 31.3 Å². The van der Waals surface area contributed by atoms with Gasteiger partial charge < -0.3 is 24.9 Å². The van der Waals surface area contributed by atoms with Crippen LogP contribution in [0.1, 0.15) is 34.0 Å². The van der Waals surface area contributed by atoms with Crippen molar-refractivity contribution in [2.45, 2.75) is 26.9 Å². The average Bonchev–Trinajstić information content (AvgIpc) is 3.21. The number of aromatic hydroxyl groups is 2. The Balaban J connectivity index is 1.83. The van der Waals surface area contributed by atoms with Gasteiger partial charge in [0.2, 0.25) is 5.91 Å². The van der Waals surface area contributed by atoms with E-state index in [2.05, 4.69) is 11.8 Å². The predicted octanol–water partition coefficient (Wildman–Crippen LogP) is 3.69. The molecule has 0 fully saturated rings. The van der Waals surface area contributed by atoms with Crippen LogP contribution in [0.2, 0.25) is 5.02 Å². The van der Waals surface area contributed by atoms with Crippen LogP contribution >= 0.6 is 11.6 Å². The van der Waals surface area contributed by atoms with Crippen LogP contribution in [0.4, 0.5) is 5.69 Å². The highest BCUT2D eigenvalue weighted by molar-refractivity contribution is 6.33. The lowest BCUT2D eigenvalue weighted by atomic mass is 10.1. The molecule has 1 heterocycles. The number of phenols is 2. The molecule has 0 spiro atoms. The zero-order valence-electron chi connectivity index (χ0n) is 18.7. The molecule has 0 atom stereocenters. The van der Waals surface area contributed by atoms with Gasteiger partial charge in [0, 0.05) is 50.1 Å². The highest BCUT2D eigenvalue weighted by Crippen LogP contribution is 2.38. The summed E-state index contributed by atoms with van der Waals surface area (Å²) in [6, 6.07) is 6.72. The second kappa shape index (κ2) is 9.63. The van der Waals surface area contributed by atoms with Crippen molar-refractivity contribution in [3.8, 4) is 11.5 Å². The summed E-state index contributed by atoms with van der Waals surface area (Å²) in [7, 11) is 3.70. The minimum Gasteiger partial charge on any atom is -0.507 e. The van der Waals surface area contributed by atoms with E-state index in [9.17, 15) is 19.8 Å². The summed E-state index contributed by atoms with van der Waals surface area (Å²) >= 11 is 6.08. The Kier molecular flexibility index (Phi) is 7.11. The van der Waals surface area contributed by atoms with E-state index >= 15 is 0 Å². The van der Waals surface area contributed by atoms with E-state index in [1.54, 1.807) is 29.8 Å². The van der Waals surface area contributed by atoms with Crippen LogP contribution in [0, 0.1) is 6.92 Å². The van der Waals surface area contributed by atoms with Crippen molar-refractivity contribution in [2.24, 2.45) is 0 Å². The van der Waals surface area contributed by atoms with Gasteiger partial charge in [0.1, 0.15) is 11.5 Å². The summed E-state index contributed by atoms with van der Waals surface area (Å²) in [5.74, 6) is -1.13. The Hall–Kier alpha value is -3.03. The first kappa shape index (κ1) is 23.6. The van der Waals surface area contributed by atoms with Gasteiger partial charge in [0.15, 0.2) is 0 Å². The fourth-order valence-corrected chi connectivity index (χ4v) is 3.89. The molecule has 0 radical (unpaired) electrons. The molecule has 0 unspecified atom stereocenters. The molecule has 0 bridgehead atoms. The monoisotopic (exact) mass is 457 g/mol. The van der Waals surface area contributed by atoms with Gasteiger partial charge in [-0.2, -0.15) is 0 Å². The van der Waals surface area contributed by atoms with Gasteiger partial charge in [-0.05, 0) is 37.7 Å². The number of anilines is 1. The Labute approximate surface area is 193 Å². The SMILES string of the molecule is CCN(C)C/C=C/C(=O)N(C)c1cccc2c1CN(C(=O)c1c(O)cc(O)c(Cl)c1C)C2. The Bertz CT molecular complexity index is 1080. The number of hydrogen-bond acceptors (Lipinski definition) is 5. The number of phenolic OH excluding ortho intramolecular Hbond substituents is 2. The summed E-state index contributed by atoms with van der Waals surface area (Å²) in [5.41, 5.74) is 2.94. The molecule has 2 N–H and O–H groups in total. The van der Waals surface area contributed by atoms with E-state index < -0.39 is 0 Å². The zero-order chi connectivity index (χ0) is 23.6. The van der Waals surface area contributed by atoms with Gasteiger partial charge in [-0.3, -0.25) is 9.59 Å². The number of carbonyl (C=O) groups excluding carboxylic acids is 2. The average molecular weight is 458 g/mol. The maximum atomic E-state index is 13.2. The van der Waals surface area contributed by atoms with Crippen LogP contribution < -0.4 is 4.90 Å². The molecular weight excluding hydrogens is 430 g/mol.